The highest BCUT2D eigenvalue weighted by Gasteiger charge is 2.23. The molecule has 1 atom stereocenters. The molecule has 2 aromatic rings. The van der Waals surface area contributed by atoms with Crippen molar-refractivity contribution in [1.82, 2.24) is 10.2 Å². The molecular formula is C21H25FN2O4. The zero-order chi connectivity index (χ0) is 19.9. The lowest BCUT2D eigenvalue weighted by Crippen LogP contribution is -2.43. The van der Waals surface area contributed by atoms with Gasteiger partial charge in [-0.25, -0.2) is 4.39 Å². The van der Waals surface area contributed by atoms with Crippen LogP contribution in [0.3, 0.4) is 0 Å². The second kappa shape index (κ2) is 9.52. The molecule has 1 fully saturated rings. The van der Waals surface area contributed by atoms with Crippen LogP contribution in [0.15, 0.2) is 42.5 Å². The van der Waals surface area contributed by atoms with Crippen LogP contribution >= 0.6 is 0 Å². The van der Waals surface area contributed by atoms with E-state index in [-0.39, 0.29) is 17.8 Å². The summed E-state index contributed by atoms with van der Waals surface area (Å²) in [6.07, 6.45) is 0. The van der Waals surface area contributed by atoms with Gasteiger partial charge in [0.05, 0.1) is 33.5 Å². The van der Waals surface area contributed by atoms with Crippen molar-refractivity contribution in [3.63, 3.8) is 0 Å². The van der Waals surface area contributed by atoms with Crippen molar-refractivity contribution in [3.05, 3.63) is 59.4 Å². The number of carbonyl (C=O) groups excluding carboxylic acids is 1. The molecular weight excluding hydrogens is 363 g/mol. The molecule has 28 heavy (non-hydrogen) atoms. The molecule has 150 valence electrons. The molecule has 1 saturated heterocycles. The number of benzene rings is 2. The van der Waals surface area contributed by atoms with Gasteiger partial charge in [0, 0.05) is 25.2 Å². The molecule has 0 unspecified atom stereocenters. The number of ether oxygens (including phenoxy) is 3. The van der Waals surface area contributed by atoms with Crippen LogP contribution < -0.4 is 14.8 Å². The van der Waals surface area contributed by atoms with Gasteiger partial charge in [-0.3, -0.25) is 9.69 Å². The van der Waals surface area contributed by atoms with Gasteiger partial charge in [0.1, 0.15) is 5.82 Å². The summed E-state index contributed by atoms with van der Waals surface area (Å²) in [5, 5.41) is 2.99. The van der Waals surface area contributed by atoms with Gasteiger partial charge in [0.25, 0.3) is 5.91 Å². The summed E-state index contributed by atoms with van der Waals surface area (Å²) in [5.74, 6) is 0.579. The van der Waals surface area contributed by atoms with E-state index in [1.165, 1.54) is 19.2 Å². The first-order valence-corrected chi connectivity index (χ1v) is 9.20. The van der Waals surface area contributed by atoms with Crippen LogP contribution in [-0.4, -0.2) is 57.9 Å². The monoisotopic (exact) mass is 388 g/mol. The third kappa shape index (κ3) is 4.79. The molecule has 1 N–H and O–H groups in total. The first kappa shape index (κ1) is 20.1. The van der Waals surface area contributed by atoms with Gasteiger partial charge in [-0.1, -0.05) is 12.1 Å². The van der Waals surface area contributed by atoms with Gasteiger partial charge >= 0.3 is 0 Å². The number of hydrogen-bond acceptors (Lipinski definition) is 5. The highest BCUT2D eigenvalue weighted by Crippen LogP contribution is 2.28. The number of methoxy groups -OCH3 is 2. The Morgan fingerprint density at radius 2 is 1.79 bits per heavy atom. The molecule has 1 aliphatic heterocycles. The van der Waals surface area contributed by atoms with E-state index < -0.39 is 0 Å². The smallest absolute Gasteiger partial charge is 0.251 e. The zero-order valence-corrected chi connectivity index (χ0v) is 16.1. The maximum Gasteiger partial charge on any atom is 0.251 e. The van der Waals surface area contributed by atoms with Gasteiger partial charge in [0.15, 0.2) is 11.5 Å². The van der Waals surface area contributed by atoms with Crippen LogP contribution in [0.5, 0.6) is 11.5 Å². The number of halogens is 1. The standard InChI is InChI=1S/C21H25FN2O4/c1-26-19-8-5-16(13-20(19)27-2)21(25)23-14-18(24-9-11-28-12-10-24)15-3-6-17(22)7-4-15/h3-8,13,18H,9-12,14H2,1-2H3,(H,23,25)/t18-/m0/s1. The highest BCUT2D eigenvalue weighted by atomic mass is 19.1. The van der Waals surface area contributed by atoms with E-state index in [1.807, 2.05) is 0 Å². The largest absolute Gasteiger partial charge is 0.493 e. The summed E-state index contributed by atoms with van der Waals surface area (Å²) in [4.78, 5) is 14.9. The van der Waals surface area contributed by atoms with E-state index >= 15 is 0 Å². The van der Waals surface area contributed by atoms with Crippen molar-refractivity contribution < 1.29 is 23.4 Å². The van der Waals surface area contributed by atoms with Crippen molar-refractivity contribution in [3.8, 4) is 11.5 Å². The van der Waals surface area contributed by atoms with Crippen molar-refractivity contribution in [2.24, 2.45) is 0 Å². The first-order valence-electron chi connectivity index (χ1n) is 9.20. The summed E-state index contributed by atoms with van der Waals surface area (Å²) >= 11 is 0. The number of nitrogens with zero attached hydrogens (tertiary/aromatic N) is 1. The van der Waals surface area contributed by atoms with Crippen molar-refractivity contribution in [2.45, 2.75) is 6.04 Å². The Balaban J connectivity index is 1.73. The minimum atomic E-state index is -0.279. The molecule has 0 aromatic heterocycles. The number of carbonyl (C=O) groups is 1. The van der Waals surface area contributed by atoms with Crippen LogP contribution in [0.25, 0.3) is 0 Å². The fraction of sp³-hybridized carbons (Fsp3) is 0.381. The Bertz CT molecular complexity index is 791. The molecule has 0 radical (unpaired) electrons. The minimum absolute atomic E-state index is 0.0615. The molecule has 1 heterocycles. The maximum atomic E-state index is 13.3. The highest BCUT2D eigenvalue weighted by molar-refractivity contribution is 5.94. The SMILES string of the molecule is COc1ccc(C(=O)NC[C@@H](c2ccc(F)cc2)N2CCOCC2)cc1OC. The number of hydrogen-bond donors (Lipinski definition) is 1. The number of morpholine rings is 1. The Morgan fingerprint density at radius 1 is 1.11 bits per heavy atom. The molecule has 1 amide bonds. The van der Waals surface area contributed by atoms with Gasteiger partial charge in [0.2, 0.25) is 0 Å². The predicted molar refractivity (Wildman–Crippen MR) is 103 cm³/mol. The lowest BCUT2D eigenvalue weighted by molar-refractivity contribution is 0.0162. The summed E-state index contributed by atoms with van der Waals surface area (Å²) in [7, 11) is 3.08. The van der Waals surface area contributed by atoms with Crippen molar-refractivity contribution in [1.29, 1.82) is 0 Å². The lowest BCUT2D eigenvalue weighted by Gasteiger charge is -2.35. The molecule has 0 spiro atoms. The third-order valence-corrected chi connectivity index (χ3v) is 4.84. The van der Waals surface area contributed by atoms with Crippen LogP contribution in [0.1, 0.15) is 22.0 Å². The topological polar surface area (TPSA) is 60.0 Å². The third-order valence-electron chi connectivity index (χ3n) is 4.84. The number of rotatable bonds is 7. The molecule has 2 aromatic carbocycles. The zero-order valence-electron chi connectivity index (χ0n) is 16.1. The summed E-state index contributed by atoms with van der Waals surface area (Å²) < 4.78 is 29.2. The summed E-state index contributed by atoms with van der Waals surface area (Å²) in [5.41, 5.74) is 1.44. The van der Waals surface area contributed by atoms with Gasteiger partial charge in [-0.05, 0) is 35.9 Å². The van der Waals surface area contributed by atoms with Crippen LogP contribution in [0.4, 0.5) is 4.39 Å². The van der Waals surface area contributed by atoms with E-state index in [2.05, 4.69) is 10.2 Å². The van der Waals surface area contributed by atoms with Gasteiger partial charge in [-0.15, -0.1) is 0 Å². The molecule has 0 bridgehead atoms. The summed E-state index contributed by atoms with van der Waals surface area (Å²) in [6, 6.07) is 11.4. The van der Waals surface area contributed by atoms with Gasteiger partial charge in [-0.2, -0.15) is 0 Å². The van der Waals surface area contributed by atoms with E-state index in [0.29, 0.717) is 36.8 Å². The Morgan fingerprint density at radius 3 is 2.43 bits per heavy atom. The second-order valence-electron chi connectivity index (χ2n) is 6.50. The van der Waals surface area contributed by atoms with E-state index in [9.17, 15) is 9.18 Å². The van der Waals surface area contributed by atoms with Crippen molar-refractivity contribution in [2.75, 3.05) is 47.1 Å². The van der Waals surface area contributed by atoms with Crippen LogP contribution in [0, 0.1) is 5.82 Å². The normalized spacial score (nSPS) is 15.7. The lowest BCUT2D eigenvalue weighted by atomic mass is 10.0. The molecule has 0 saturated carbocycles. The van der Waals surface area contributed by atoms with E-state index in [1.54, 1.807) is 37.4 Å². The Hall–Kier alpha value is -2.64. The average molecular weight is 388 g/mol. The molecule has 1 aliphatic rings. The Labute approximate surface area is 164 Å². The molecule has 6 nitrogen and oxygen atoms in total. The van der Waals surface area contributed by atoms with Crippen LogP contribution in [0.2, 0.25) is 0 Å². The van der Waals surface area contributed by atoms with Crippen LogP contribution in [-0.2, 0) is 4.74 Å². The maximum absolute atomic E-state index is 13.3. The number of amides is 1. The minimum Gasteiger partial charge on any atom is -0.493 e. The molecule has 7 heteroatoms. The second-order valence-corrected chi connectivity index (χ2v) is 6.50. The number of nitrogens with one attached hydrogen (secondary N) is 1. The predicted octanol–water partition coefficient (Wildman–Crippen LogP) is 2.65. The summed E-state index contributed by atoms with van der Waals surface area (Å²) in [6.45, 7) is 3.20. The van der Waals surface area contributed by atoms with Crippen molar-refractivity contribution >= 4 is 5.91 Å². The fourth-order valence-corrected chi connectivity index (χ4v) is 3.30. The average Bonchev–Trinajstić information content (AvgIpc) is 2.75. The molecule has 3 rings (SSSR count). The van der Waals surface area contributed by atoms with E-state index in [0.717, 1.165) is 18.7 Å². The fourth-order valence-electron chi connectivity index (χ4n) is 3.30. The Kier molecular flexibility index (Phi) is 6.84. The van der Waals surface area contributed by atoms with E-state index in [4.69, 9.17) is 14.2 Å². The quantitative estimate of drug-likeness (QED) is 0.790. The van der Waals surface area contributed by atoms with Gasteiger partial charge < -0.3 is 19.5 Å². The molecule has 0 aliphatic carbocycles. The first-order chi connectivity index (χ1) is 13.6.